The van der Waals surface area contributed by atoms with Gasteiger partial charge in [-0.3, -0.25) is 14.4 Å². The zero-order chi connectivity index (χ0) is 20.6. The third-order valence-corrected chi connectivity index (χ3v) is 7.48. The van der Waals surface area contributed by atoms with E-state index >= 15 is 0 Å². The van der Waals surface area contributed by atoms with Gasteiger partial charge in [0.2, 0.25) is 11.8 Å². The SMILES string of the molecule is O=C(Nc1ccccc1Cl)c1cccc(N2C(=O)[C@@H]3[C@@H]4C=C[C@H]([C@H]5C[C@H]45)[C@@H]3C2=O)c1. The van der Waals surface area contributed by atoms with Crippen LogP contribution >= 0.6 is 11.6 Å². The van der Waals surface area contributed by atoms with E-state index in [0.717, 1.165) is 6.42 Å². The number of imide groups is 1. The number of hydrogen-bond donors (Lipinski definition) is 1. The highest BCUT2D eigenvalue weighted by atomic mass is 35.5. The smallest absolute Gasteiger partial charge is 0.255 e. The molecule has 30 heavy (non-hydrogen) atoms. The Morgan fingerprint density at radius 2 is 1.60 bits per heavy atom. The summed E-state index contributed by atoms with van der Waals surface area (Å²) in [4.78, 5) is 40.6. The van der Waals surface area contributed by atoms with Crippen LogP contribution in [0.4, 0.5) is 11.4 Å². The van der Waals surface area contributed by atoms with Gasteiger partial charge in [0.05, 0.1) is 28.2 Å². The molecule has 1 saturated heterocycles. The Morgan fingerprint density at radius 3 is 2.27 bits per heavy atom. The monoisotopic (exact) mass is 418 g/mol. The molecule has 6 heteroatoms. The number of amides is 3. The maximum absolute atomic E-state index is 13.3. The second-order valence-corrected chi connectivity index (χ2v) is 9.06. The molecule has 2 bridgehead atoms. The average molecular weight is 419 g/mol. The topological polar surface area (TPSA) is 66.5 Å². The molecule has 2 aromatic rings. The molecule has 150 valence electrons. The highest BCUT2D eigenvalue weighted by Crippen LogP contribution is 2.65. The quantitative estimate of drug-likeness (QED) is 0.601. The van der Waals surface area contributed by atoms with Crippen molar-refractivity contribution < 1.29 is 14.4 Å². The standard InChI is InChI=1S/C24H19ClN2O3/c25-18-6-1-2-7-19(18)26-22(28)12-4-3-5-13(10-12)27-23(29)20-14-8-9-15(17-11-16(14)17)21(20)24(27)30/h1-10,14-17,20-21H,11H2,(H,26,28)/t14-,15-,16-,17-,20-,21+/m1/s1. The molecule has 0 radical (unpaired) electrons. The molecule has 6 atom stereocenters. The summed E-state index contributed by atoms with van der Waals surface area (Å²) in [6.45, 7) is 0. The molecule has 1 heterocycles. The summed E-state index contributed by atoms with van der Waals surface area (Å²) in [7, 11) is 0. The van der Waals surface area contributed by atoms with Crippen molar-refractivity contribution in [1.82, 2.24) is 0 Å². The summed E-state index contributed by atoms with van der Waals surface area (Å²) in [5.41, 5.74) is 1.34. The van der Waals surface area contributed by atoms with E-state index in [9.17, 15) is 14.4 Å². The lowest BCUT2D eigenvalue weighted by molar-refractivity contribution is -0.124. The summed E-state index contributed by atoms with van der Waals surface area (Å²) in [6, 6.07) is 13.7. The predicted molar refractivity (Wildman–Crippen MR) is 113 cm³/mol. The molecular formula is C24H19ClN2O3. The van der Waals surface area contributed by atoms with Crippen molar-refractivity contribution >= 4 is 40.7 Å². The van der Waals surface area contributed by atoms with Crippen molar-refractivity contribution in [2.24, 2.45) is 35.5 Å². The fraction of sp³-hybridized carbons (Fsp3) is 0.292. The molecular weight excluding hydrogens is 400 g/mol. The number of allylic oxidation sites excluding steroid dienone is 2. The second-order valence-electron chi connectivity index (χ2n) is 8.65. The fourth-order valence-electron chi connectivity index (χ4n) is 5.75. The Balaban J connectivity index is 1.30. The normalized spacial score (nSPS) is 32.8. The van der Waals surface area contributed by atoms with Gasteiger partial charge in [-0.05, 0) is 60.4 Å². The minimum atomic E-state index is -0.343. The summed E-state index contributed by atoms with van der Waals surface area (Å²) in [6.07, 6.45) is 5.44. The number of anilines is 2. The van der Waals surface area contributed by atoms with E-state index in [1.807, 2.05) is 0 Å². The van der Waals surface area contributed by atoms with Crippen LogP contribution in [0.2, 0.25) is 5.02 Å². The molecule has 5 aliphatic rings. The minimum Gasteiger partial charge on any atom is -0.321 e. The number of carbonyl (C=O) groups excluding carboxylic acids is 3. The van der Waals surface area contributed by atoms with E-state index < -0.39 is 0 Å². The van der Waals surface area contributed by atoms with Gasteiger partial charge in [-0.1, -0.05) is 42.0 Å². The van der Waals surface area contributed by atoms with Crippen LogP contribution in [-0.4, -0.2) is 17.7 Å². The van der Waals surface area contributed by atoms with Crippen LogP contribution in [-0.2, 0) is 9.59 Å². The molecule has 2 aromatic carbocycles. The largest absolute Gasteiger partial charge is 0.321 e. The van der Waals surface area contributed by atoms with Crippen molar-refractivity contribution in [2.45, 2.75) is 6.42 Å². The van der Waals surface area contributed by atoms with E-state index in [1.165, 1.54) is 4.90 Å². The molecule has 5 nitrogen and oxygen atoms in total. The molecule has 4 aliphatic carbocycles. The highest BCUT2D eigenvalue weighted by molar-refractivity contribution is 6.34. The molecule has 3 fully saturated rings. The van der Waals surface area contributed by atoms with Gasteiger partial charge in [0, 0.05) is 5.56 Å². The Labute approximate surface area is 178 Å². The van der Waals surface area contributed by atoms with Crippen LogP contribution in [0.25, 0.3) is 0 Å². The van der Waals surface area contributed by atoms with Gasteiger partial charge in [0.1, 0.15) is 0 Å². The highest BCUT2D eigenvalue weighted by Gasteiger charge is 2.67. The van der Waals surface area contributed by atoms with Crippen molar-refractivity contribution in [3.63, 3.8) is 0 Å². The van der Waals surface area contributed by atoms with Gasteiger partial charge in [-0.2, -0.15) is 0 Å². The first-order chi connectivity index (χ1) is 14.5. The molecule has 7 rings (SSSR count). The van der Waals surface area contributed by atoms with E-state index in [2.05, 4.69) is 17.5 Å². The fourth-order valence-corrected chi connectivity index (χ4v) is 5.94. The van der Waals surface area contributed by atoms with Crippen molar-refractivity contribution in [2.75, 3.05) is 10.2 Å². The van der Waals surface area contributed by atoms with E-state index in [-0.39, 0.29) is 41.4 Å². The lowest BCUT2D eigenvalue weighted by atomic mass is 9.63. The Morgan fingerprint density at radius 1 is 0.933 bits per heavy atom. The van der Waals surface area contributed by atoms with Crippen LogP contribution in [0.1, 0.15) is 16.8 Å². The maximum Gasteiger partial charge on any atom is 0.255 e. The molecule has 1 aliphatic heterocycles. The Bertz CT molecular complexity index is 1110. The number of nitrogens with one attached hydrogen (secondary N) is 1. The molecule has 1 N–H and O–H groups in total. The van der Waals surface area contributed by atoms with Gasteiger partial charge >= 0.3 is 0 Å². The van der Waals surface area contributed by atoms with Crippen molar-refractivity contribution in [1.29, 1.82) is 0 Å². The van der Waals surface area contributed by atoms with Crippen LogP contribution in [0.15, 0.2) is 60.7 Å². The first-order valence-electron chi connectivity index (χ1n) is 10.3. The van der Waals surface area contributed by atoms with E-state index in [1.54, 1.807) is 48.5 Å². The zero-order valence-corrected chi connectivity index (χ0v) is 16.8. The summed E-state index contributed by atoms with van der Waals surface area (Å²) >= 11 is 6.13. The first kappa shape index (κ1) is 17.9. The predicted octanol–water partition coefficient (Wildman–Crippen LogP) is 4.15. The number of hydrogen-bond acceptors (Lipinski definition) is 3. The number of benzene rings is 2. The van der Waals surface area contributed by atoms with Gasteiger partial charge in [0.25, 0.3) is 5.91 Å². The first-order valence-corrected chi connectivity index (χ1v) is 10.6. The summed E-state index contributed by atoms with van der Waals surface area (Å²) in [5.74, 6) is 0.377. The van der Waals surface area contributed by atoms with Crippen molar-refractivity contribution in [3.8, 4) is 0 Å². The van der Waals surface area contributed by atoms with Crippen LogP contribution in [0.5, 0.6) is 0 Å². The average Bonchev–Trinajstić information content (AvgIpc) is 3.53. The van der Waals surface area contributed by atoms with Crippen LogP contribution in [0, 0.1) is 35.5 Å². The number of halogens is 1. The van der Waals surface area contributed by atoms with Crippen molar-refractivity contribution in [3.05, 3.63) is 71.3 Å². The van der Waals surface area contributed by atoms with Gasteiger partial charge in [-0.25, -0.2) is 4.90 Å². The molecule has 3 amide bonds. The maximum atomic E-state index is 13.3. The lowest BCUT2D eigenvalue weighted by Gasteiger charge is -2.37. The van der Waals surface area contributed by atoms with E-state index in [4.69, 9.17) is 11.6 Å². The third-order valence-electron chi connectivity index (χ3n) is 7.15. The number of rotatable bonds is 3. The zero-order valence-electron chi connectivity index (χ0n) is 16.0. The van der Waals surface area contributed by atoms with Gasteiger partial charge < -0.3 is 5.32 Å². The molecule has 0 spiro atoms. The van der Waals surface area contributed by atoms with Crippen LogP contribution in [0.3, 0.4) is 0 Å². The van der Waals surface area contributed by atoms with Gasteiger partial charge in [0.15, 0.2) is 0 Å². The minimum absolute atomic E-state index is 0.127. The van der Waals surface area contributed by atoms with Crippen LogP contribution < -0.4 is 10.2 Å². The lowest BCUT2D eigenvalue weighted by Crippen LogP contribution is -2.40. The number of para-hydroxylation sites is 1. The van der Waals surface area contributed by atoms with E-state index in [0.29, 0.717) is 33.8 Å². The summed E-state index contributed by atoms with van der Waals surface area (Å²) in [5, 5.41) is 3.23. The Kier molecular flexibility index (Phi) is 3.75. The molecule has 0 unspecified atom stereocenters. The summed E-state index contributed by atoms with van der Waals surface area (Å²) < 4.78 is 0. The Hall–Kier alpha value is -2.92. The third kappa shape index (κ3) is 2.45. The molecule has 2 saturated carbocycles. The van der Waals surface area contributed by atoms with Gasteiger partial charge in [-0.15, -0.1) is 0 Å². The molecule has 0 aromatic heterocycles. The second kappa shape index (κ2) is 6.29. The number of nitrogens with zero attached hydrogens (tertiary/aromatic N) is 1. The number of carbonyl (C=O) groups is 3.